The Morgan fingerprint density at radius 2 is 1.75 bits per heavy atom. The Balaban J connectivity index is 2.29. The summed E-state index contributed by atoms with van der Waals surface area (Å²) in [6, 6.07) is 0.552. The van der Waals surface area contributed by atoms with Crippen molar-refractivity contribution in [3.05, 3.63) is 0 Å². The molecule has 3 nitrogen and oxygen atoms in total. The third kappa shape index (κ3) is 5.99. The van der Waals surface area contributed by atoms with Crippen LogP contribution >= 0.6 is 0 Å². The highest BCUT2D eigenvalue weighted by Gasteiger charge is 2.11. The lowest BCUT2D eigenvalue weighted by Gasteiger charge is -2.21. The van der Waals surface area contributed by atoms with Gasteiger partial charge < -0.3 is 11.1 Å². The highest BCUT2D eigenvalue weighted by atomic mass is 15.1. The first-order valence-electron chi connectivity index (χ1n) is 6.75. The van der Waals surface area contributed by atoms with Crippen molar-refractivity contribution in [3.63, 3.8) is 0 Å². The first kappa shape index (κ1) is 13.3. The predicted octanol–water partition coefficient (Wildman–Crippen LogP) is 2.66. The first-order valence-corrected chi connectivity index (χ1v) is 6.75. The number of hydrogen-bond donors (Lipinski definition) is 2. The average molecular weight is 225 g/mol. The van der Waals surface area contributed by atoms with Crippen LogP contribution in [0.3, 0.4) is 0 Å². The van der Waals surface area contributed by atoms with Gasteiger partial charge in [0.1, 0.15) is 0 Å². The summed E-state index contributed by atoms with van der Waals surface area (Å²) in [5.74, 6) is 1.22. The summed E-state index contributed by atoms with van der Waals surface area (Å²) in [4.78, 5) is 4.36. The molecule has 0 aromatic rings. The lowest BCUT2D eigenvalue weighted by molar-refractivity contribution is 0.427. The Bertz CT molecular complexity index is 203. The van der Waals surface area contributed by atoms with Crippen molar-refractivity contribution in [2.24, 2.45) is 16.6 Å². The molecule has 0 bridgehead atoms. The van der Waals surface area contributed by atoms with E-state index in [0.717, 1.165) is 6.54 Å². The second kappa shape index (κ2) is 7.53. The molecule has 0 atom stereocenters. The molecule has 1 saturated carbocycles. The molecule has 3 heteroatoms. The van der Waals surface area contributed by atoms with E-state index in [2.05, 4.69) is 24.2 Å². The fraction of sp³-hybridized carbons (Fsp3) is 0.923. The van der Waals surface area contributed by atoms with Gasteiger partial charge in [0, 0.05) is 12.6 Å². The summed E-state index contributed by atoms with van der Waals surface area (Å²) >= 11 is 0. The Kier molecular flexibility index (Phi) is 6.27. The summed E-state index contributed by atoms with van der Waals surface area (Å²) in [5.41, 5.74) is 5.88. The number of rotatable bonds is 3. The van der Waals surface area contributed by atoms with Gasteiger partial charge in [0.05, 0.1) is 0 Å². The van der Waals surface area contributed by atoms with Gasteiger partial charge in [-0.05, 0) is 18.8 Å². The van der Waals surface area contributed by atoms with E-state index in [1.807, 2.05) is 0 Å². The molecule has 0 heterocycles. The number of nitrogens with one attached hydrogen (secondary N) is 1. The third-order valence-electron chi connectivity index (χ3n) is 3.08. The monoisotopic (exact) mass is 225 g/mol. The SMILES string of the molecule is CC(C)CN=C(N)NC1CCCCCCC1. The van der Waals surface area contributed by atoms with Crippen molar-refractivity contribution < 1.29 is 0 Å². The van der Waals surface area contributed by atoms with Crippen LogP contribution in [-0.4, -0.2) is 18.5 Å². The van der Waals surface area contributed by atoms with E-state index in [9.17, 15) is 0 Å². The van der Waals surface area contributed by atoms with Crippen LogP contribution in [-0.2, 0) is 0 Å². The van der Waals surface area contributed by atoms with Crippen LogP contribution in [0.1, 0.15) is 58.8 Å². The van der Waals surface area contributed by atoms with E-state index in [1.54, 1.807) is 0 Å². The highest BCUT2D eigenvalue weighted by molar-refractivity contribution is 5.78. The van der Waals surface area contributed by atoms with Gasteiger partial charge in [-0.2, -0.15) is 0 Å². The van der Waals surface area contributed by atoms with Crippen LogP contribution < -0.4 is 11.1 Å². The van der Waals surface area contributed by atoms with Gasteiger partial charge in [-0.25, -0.2) is 0 Å². The topological polar surface area (TPSA) is 50.4 Å². The van der Waals surface area contributed by atoms with E-state index < -0.39 is 0 Å². The molecular weight excluding hydrogens is 198 g/mol. The largest absolute Gasteiger partial charge is 0.370 e. The number of nitrogens with two attached hydrogens (primary N) is 1. The first-order chi connectivity index (χ1) is 7.68. The molecule has 1 fully saturated rings. The maximum atomic E-state index is 5.88. The van der Waals surface area contributed by atoms with Crippen LogP contribution in [0.4, 0.5) is 0 Å². The molecule has 1 aliphatic rings. The van der Waals surface area contributed by atoms with E-state index in [-0.39, 0.29) is 0 Å². The zero-order valence-corrected chi connectivity index (χ0v) is 10.8. The van der Waals surface area contributed by atoms with Crippen LogP contribution in [0, 0.1) is 5.92 Å². The molecule has 0 amide bonds. The highest BCUT2D eigenvalue weighted by Crippen LogP contribution is 2.16. The standard InChI is InChI=1S/C13H27N3/c1-11(2)10-15-13(14)16-12-8-6-4-3-5-7-9-12/h11-12H,3-10H2,1-2H3,(H3,14,15,16). The quantitative estimate of drug-likeness (QED) is 0.573. The molecule has 1 aliphatic carbocycles. The summed E-state index contributed by atoms with van der Waals surface area (Å²) in [6.07, 6.45) is 9.31. The normalized spacial score (nSPS) is 20.6. The van der Waals surface area contributed by atoms with Gasteiger partial charge in [-0.1, -0.05) is 46.0 Å². The molecule has 0 aliphatic heterocycles. The van der Waals surface area contributed by atoms with Crippen LogP contribution in [0.15, 0.2) is 4.99 Å². The minimum atomic E-state index is 0.552. The van der Waals surface area contributed by atoms with Crippen LogP contribution in [0.2, 0.25) is 0 Å². The van der Waals surface area contributed by atoms with Gasteiger partial charge in [0.25, 0.3) is 0 Å². The second-order valence-electron chi connectivity index (χ2n) is 5.31. The Hall–Kier alpha value is -0.730. The second-order valence-corrected chi connectivity index (χ2v) is 5.31. The number of aliphatic imine (C=N–C) groups is 1. The van der Waals surface area contributed by atoms with E-state index >= 15 is 0 Å². The summed E-state index contributed by atoms with van der Waals surface area (Å²) in [5, 5.41) is 3.37. The summed E-state index contributed by atoms with van der Waals surface area (Å²) < 4.78 is 0. The van der Waals surface area contributed by atoms with Crippen molar-refractivity contribution >= 4 is 5.96 Å². The fourth-order valence-corrected chi connectivity index (χ4v) is 2.14. The van der Waals surface area contributed by atoms with Crippen molar-refractivity contribution in [1.29, 1.82) is 0 Å². The van der Waals surface area contributed by atoms with E-state index in [1.165, 1.54) is 44.9 Å². The van der Waals surface area contributed by atoms with Crippen molar-refractivity contribution in [1.82, 2.24) is 5.32 Å². The Morgan fingerprint density at radius 1 is 1.19 bits per heavy atom. The zero-order chi connectivity index (χ0) is 11.8. The lowest BCUT2D eigenvalue weighted by Crippen LogP contribution is -2.40. The predicted molar refractivity (Wildman–Crippen MR) is 70.6 cm³/mol. The van der Waals surface area contributed by atoms with Crippen molar-refractivity contribution in [2.45, 2.75) is 64.8 Å². The van der Waals surface area contributed by atoms with Gasteiger partial charge in [-0.15, -0.1) is 0 Å². The molecule has 1 rings (SSSR count). The van der Waals surface area contributed by atoms with Crippen molar-refractivity contribution in [2.75, 3.05) is 6.54 Å². The van der Waals surface area contributed by atoms with Gasteiger partial charge in [0.2, 0.25) is 0 Å². The molecule has 0 spiro atoms. The maximum absolute atomic E-state index is 5.88. The molecule has 0 radical (unpaired) electrons. The Labute approximate surface area is 99.9 Å². The van der Waals surface area contributed by atoms with E-state index in [0.29, 0.717) is 17.9 Å². The molecule has 0 aromatic carbocycles. The van der Waals surface area contributed by atoms with Crippen molar-refractivity contribution in [3.8, 4) is 0 Å². The molecule has 0 saturated heterocycles. The van der Waals surface area contributed by atoms with Crippen LogP contribution in [0.25, 0.3) is 0 Å². The molecule has 0 aromatic heterocycles. The van der Waals surface area contributed by atoms with Gasteiger partial charge >= 0.3 is 0 Å². The molecular formula is C13H27N3. The minimum absolute atomic E-state index is 0.552. The number of nitrogens with zero attached hydrogens (tertiary/aromatic N) is 1. The maximum Gasteiger partial charge on any atom is 0.188 e. The fourth-order valence-electron chi connectivity index (χ4n) is 2.14. The average Bonchev–Trinajstić information content (AvgIpc) is 2.19. The van der Waals surface area contributed by atoms with E-state index in [4.69, 9.17) is 5.73 Å². The van der Waals surface area contributed by atoms with Crippen LogP contribution in [0.5, 0.6) is 0 Å². The van der Waals surface area contributed by atoms with Gasteiger partial charge in [0.15, 0.2) is 5.96 Å². The van der Waals surface area contributed by atoms with Gasteiger partial charge in [-0.3, -0.25) is 4.99 Å². The zero-order valence-electron chi connectivity index (χ0n) is 10.8. The molecule has 16 heavy (non-hydrogen) atoms. The molecule has 94 valence electrons. The molecule has 0 unspecified atom stereocenters. The molecule has 3 N–H and O–H groups in total. The third-order valence-corrected chi connectivity index (χ3v) is 3.08. The summed E-state index contributed by atoms with van der Waals surface area (Å²) in [6.45, 7) is 5.14. The number of hydrogen-bond acceptors (Lipinski definition) is 1. The smallest absolute Gasteiger partial charge is 0.188 e. The lowest BCUT2D eigenvalue weighted by atomic mass is 9.97. The minimum Gasteiger partial charge on any atom is -0.370 e. The number of guanidine groups is 1. The summed E-state index contributed by atoms with van der Waals surface area (Å²) in [7, 11) is 0. The Morgan fingerprint density at radius 3 is 2.31 bits per heavy atom.